The van der Waals surface area contributed by atoms with Crippen LogP contribution in [0.3, 0.4) is 0 Å². The molecule has 0 fully saturated rings. The zero-order chi connectivity index (χ0) is 19.2. The molecule has 0 unspecified atom stereocenters. The molecule has 0 bridgehead atoms. The van der Waals surface area contributed by atoms with Gasteiger partial charge in [0, 0.05) is 31.9 Å². The van der Waals surface area contributed by atoms with Crippen LogP contribution in [-0.4, -0.2) is 32.2 Å². The van der Waals surface area contributed by atoms with Crippen molar-refractivity contribution in [3.63, 3.8) is 0 Å². The number of alkyl carbamates (subject to hydrolysis) is 1. The molecule has 0 saturated carbocycles. The molecule has 0 aliphatic heterocycles. The van der Waals surface area contributed by atoms with Gasteiger partial charge in [-0.1, -0.05) is 42.5 Å². The molecule has 0 saturated heterocycles. The Bertz CT molecular complexity index is 1020. The second kappa shape index (κ2) is 8.39. The van der Waals surface area contributed by atoms with Gasteiger partial charge in [-0.15, -0.1) is 0 Å². The highest BCUT2D eigenvalue weighted by Crippen LogP contribution is 2.10. The Kier molecular flexibility index (Phi) is 5.33. The highest BCUT2D eigenvalue weighted by Gasteiger charge is 2.08. The first-order valence-electron chi connectivity index (χ1n) is 9.16. The van der Waals surface area contributed by atoms with Crippen LogP contribution >= 0.6 is 0 Å². The van der Waals surface area contributed by atoms with Gasteiger partial charge in [0.1, 0.15) is 11.6 Å². The summed E-state index contributed by atoms with van der Waals surface area (Å²) in [4.78, 5) is 24.0. The molecule has 0 atom stereocenters. The van der Waals surface area contributed by atoms with Crippen LogP contribution < -0.4 is 5.32 Å². The molecular formula is C21H21N5O2. The van der Waals surface area contributed by atoms with Crippen molar-refractivity contribution in [1.82, 2.24) is 24.8 Å². The van der Waals surface area contributed by atoms with Gasteiger partial charge in [-0.3, -0.25) is 0 Å². The van der Waals surface area contributed by atoms with Crippen molar-refractivity contribution in [1.29, 1.82) is 0 Å². The number of fused-ring (bicyclic) bond motifs is 1. The van der Waals surface area contributed by atoms with Crippen LogP contribution in [0.2, 0.25) is 0 Å². The Morgan fingerprint density at radius 2 is 1.93 bits per heavy atom. The Morgan fingerprint density at radius 1 is 1.11 bits per heavy atom. The van der Waals surface area contributed by atoms with E-state index in [-0.39, 0.29) is 6.61 Å². The maximum atomic E-state index is 12.0. The Labute approximate surface area is 162 Å². The van der Waals surface area contributed by atoms with Gasteiger partial charge in [0.25, 0.3) is 0 Å². The third-order valence-corrected chi connectivity index (χ3v) is 4.40. The number of imidazole rings is 2. The highest BCUT2D eigenvalue weighted by molar-refractivity contribution is 5.74. The summed E-state index contributed by atoms with van der Waals surface area (Å²) >= 11 is 0. The highest BCUT2D eigenvalue weighted by atomic mass is 16.5. The number of hydrogen-bond acceptors (Lipinski definition) is 4. The zero-order valence-electron chi connectivity index (χ0n) is 15.3. The number of para-hydroxylation sites is 2. The topological polar surface area (TPSA) is 84.8 Å². The van der Waals surface area contributed by atoms with E-state index in [0.717, 1.165) is 22.4 Å². The lowest BCUT2D eigenvalue weighted by molar-refractivity contribution is 0.135. The van der Waals surface area contributed by atoms with E-state index in [1.807, 2.05) is 53.2 Å². The number of rotatable bonds is 7. The van der Waals surface area contributed by atoms with Crippen molar-refractivity contribution in [2.45, 2.75) is 19.6 Å². The number of hydrogen-bond donors (Lipinski definition) is 2. The van der Waals surface area contributed by atoms with Crippen molar-refractivity contribution in [2.75, 3.05) is 6.54 Å². The van der Waals surface area contributed by atoms with E-state index in [1.54, 1.807) is 6.20 Å². The first-order chi connectivity index (χ1) is 13.8. The van der Waals surface area contributed by atoms with Gasteiger partial charge < -0.3 is 19.6 Å². The lowest BCUT2D eigenvalue weighted by Crippen LogP contribution is -2.27. The minimum absolute atomic E-state index is 0.121. The van der Waals surface area contributed by atoms with E-state index in [1.165, 1.54) is 0 Å². The van der Waals surface area contributed by atoms with Crippen LogP contribution in [0.4, 0.5) is 4.79 Å². The second-order valence-corrected chi connectivity index (χ2v) is 6.41. The maximum Gasteiger partial charge on any atom is 0.407 e. The summed E-state index contributed by atoms with van der Waals surface area (Å²) in [7, 11) is 0. The van der Waals surface area contributed by atoms with E-state index in [9.17, 15) is 4.79 Å². The minimum Gasteiger partial charge on any atom is -0.441 e. The number of aromatic amines is 1. The number of nitrogens with zero attached hydrogens (tertiary/aromatic N) is 3. The van der Waals surface area contributed by atoms with Gasteiger partial charge in [-0.25, -0.2) is 14.8 Å². The van der Waals surface area contributed by atoms with Crippen LogP contribution in [0.25, 0.3) is 11.0 Å². The number of carbonyl (C=O) groups is 1. The van der Waals surface area contributed by atoms with E-state index in [0.29, 0.717) is 25.3 Å². The normalized spacial score (nSPS) is 10.9. The van der Waals surface area contributed by atoms with Crippen molar-refractivity contribution < 1.29 is 9.53 Å². The summed E-state index contributed by atoms with van der Waals surface area (Å²) < 4.78 is 7.27. The van der Waals surface area contributed by atoms with Crippen molar-refractivity contribution >= 4 is 17.1 Å². The molecule has 2 aromatic carbocycles. The molecular weight excluding hydrogens is 354 g/mol. The van der Waals surface area contributed by atoms with Gasteiger partial charge in [0.2, 0.25) is 0 Å². The number of benzene rings is 2. The summed E-state index contributed by atoms with van der Waals surface area (Å²) in [5.41, 5.74) is 3.08. The fourth-order valence-electron chi connectivity index (χ4n) is 2.99. The molecule has 2 aromatic heterocycles. The Balaban J connectivity index is 1.24. The predicted octanol–water partition coefficient (Wildman–Crippen LogP) is 3.28. The van der Waals surface area contributed by atoms with Crippen LogP contribution in [0.1, 0.15) is 17.2 Å². The molecule has 0 spiro atoms. The smallest absolute Gasteiger partial charge is 0.407 e. The van der Waals surface area contributed by atoms with E-state index in [4.69, 9.17) is 4.74 Å². The van der Waals surface area contributed by atoms with Gasteiger partial charge in [0.15, 0.2) is 6.61 Å². The zero-order valence-corrected chi connectivity index (χ0v) is 15.3. The molecule has 28 heavy (non-hydrogen) atoms. The van der Waals surface area contributed by atoms with E-state index in [2.05, 4.69) is 32.4 Å². The SMILES string of the molecule is O=C(NCCc1nc2ccccc2[nH]1)OCc1nccn1Cc1ccccc1. The fraction of sp³-hybridized carbons (Fsp3) is 0.190. The molecule has 0 aliphatic carbocycles. The molecule has 142 valence electrons. The summed E-state index contributed by atoms with van der Waals surface area (Å²) in [5.74, 6) is 1.54. The minimum atomic E-state index is -0.467. The summed E-state index contributed by atoms with van der Waals surface area (Å²) in [6.07, 6.45) is 3.73. The second-order valence-electron chi connectivity index (χ2n) is 6.41. The van der Waals surface area contributed by atoms with Gasteiger partial charge in [-0.05, 0) is 17.7 Å². The molecule has 7 nitrogen and oxygen atoms in total. The van der Waals surface area contributed by atoms with Crippen molar-refractivity contribution in [2.24, 2.45) is 0 Å². The average Bonchev–Trinajstić information content (AvgIpc) is 3.33. The Hall–Kier alpha value is -3.61. The first kappa shape index (κ1) is 17.8. The molecule has 2 N–H and O–H groups in total. The van der Waals surface area contributed by atoms with Gasteiger partial charge >= 0.3 is 6.09 Å². The summed E-state index contributed by atoms with van der Waals surface area (Å²) in [6, 6.07) is 17.9. The van der Waals surface area contributed by atoms with Crippen LogP contribution in [0.15, 0.2) is 67.0 Å². The number of nitrogens with one attached hydrogen (secondary N) is 2. The first-order valence-corrected chi connectivity index (χ1v) is 9.16. The largest absolute Gasteiger partial charge is 0.441 e. The number of carbonyl (C=O) groups excluding carboxylic acids is 1. The van der Waals surface area contributed by atoms with Crippen LogP contribution in [0.5, 0.6) is 0 Å². The molecule has 0 aliphatic rings. The standard InChI is InChI=1S/C21H21N5O2/c27-21(23-11-10-19-24-17-8-4-5-9-18(17)25-19)28-15-20-22-12-13-26(20)14-16-6-2-1-3-7-16/h1-9,12-13H,10-11,14-15H2,(H,23,27)(H,24,25). The third-order valence-electron chi connectivity index (χ3n) is 4.40. The maximum absolute atomic E-state index is 12.0. The lowest BCUT2D eigenvalue weighted by Gasteiger charge is -2.09. The van der Waals surface area contributed by atoms with Crippen molar-refractivity contribution in [3.8, 4) is 0 Å². The van der Waals surface area contributed by atoms with Gasteiger partial charge in [-0.2, -0.15) is 0 Å². The predicted molar refractivity (Wildman–Crippen MR) is 106 cm³/mol. The molecule has 4 aromatic rings. The number of H-pyrrole nitrogens is 1. The van der Waals surface area contributed by atoms with Crippen LogP contribution in [-0.2, 0) is 24.3 Å². The van der Waals surface area contributed by atoms with E-state index < -0.39 is 6.09 Å². The third kappa shape index (κ3) is 4.37. The molecule has 7 heteroatoms. The fourth-order valence-corrected chi connectivity index (χ4v) is 2.99. The molecule has 2 heterocycles. The average molecular weight is 375 g/mol. The number of amides is 1. The van der Waals surface area contributed by atoms with Crippen LogP contribution in [0, 0.1) is 0 Å². The van der Waals surface area contributed by atoms with E-state index >= 15 is 0 Å². The van der Waals surface area contributed by atoms with Gasteiger partial charge in [0.05, 0.1) is 11.0 Å². The quantitative estimate of drug-likeness (QED) is 0.519. The monoisotopic (exact) mass is 375 g/mol. The molecule has 0 radical (unpaired) electrons. The molecule has 4 rings (SSSR count). The Morgan fingerprint density at radius 3 is 2.79 bits per heavy atom. The number of aromatic nitrogens is 4. The molecule has 1 amide bonds. The summed E-state index contributed by atoms with van der Waals surface area (Å²) in [6.45, 7) is 1.25. The lowest BCUT2D eigenvalue weighted by atomic mass is 10.2. The van der Waals surface area contributed by atoms with Crippen molar-refractivity contribution in [3.05, 3.63) is 84.2 Å². The summed E-state index contributed by atoms with van der Waals surface area (Å²) in [5, 5.41) is 2.75. The number of ether oxygens (including phenoxy) is 1.